The molecule has 0 aliphatic carbocycles. The summed E-state index contributed by atoms with van der Waals surface area (Å²) in [5, 5.41) is 2.90. The van der Waals surface area contributed by atoms with Gasteiger partial charge in [-0.25, -0.2) is 28.7 Å². The Kier molecular flexibility index (Phi) is 11.1. The first-order valence-electron chi connectivity index (χ1n) is 17.9. The molecular weight excluding hydrogens is 738 g/mol. The first kappa shape index (κ1) is 36.4. The molecule has 2 atom stereocenters. The lowest BCUT2D eigenvalue weighted by Crippen LogP contribution is -2.20. The van der Waals surface area contributed by atoms with Gasteiger partial charge in [0.1, 0.15) is 18.2 Å². The van der Waals surface area contributed by atoms with Crippen molar-refractivity contribution >= 4 is 48.9 Å². The number of alkyl halides is 2. The van der Waals surface area contributed by atoms with Gasteiger partial charge in [0.15, 0.2) is 0 Å². The zero-order chi connectivity index (χ0) is 37.6. The molecule has 10 heterocycles. The minimum Gasteiger partial charge on any atom is -0.354 e. The molecule has 2 aliphatic rings. The lowest BCUT2D eigenvalue weighted by Gasteiger charge is -2.16. The quantitative estimate of drug-likeness (QED) is 0.173. The molecule has 0 radical (unpaired) electrons. The Morgan fingerprint density at radius 2 is 1.25 bits per heavy atom. The van der Waals surface area contributed by atoms with Crippen LogP contribution in [0.4, 0.5) is 19.0 Å². The molecule has 2 saturated heterocycles. The molecule has 276 valence electrons. The minimum atomic E-state index is -0.747. The molecule has 0 aromatic carbocycles. The predicted molar refractivity (Wildman–Crippen MR) is 216 cm³/mol. The lowest BCUT2D eigenvalue weighted by atomic mass is 10.2. The van der Waals surface area contributed by atoms with Crippen molar-refractivity contribution in [3.8, 4) is 43.4 Å². The third kappa shape index (κ3) is 8.86. The van der Waals surface area contributed by atoms with Crippen LogP contribution in [-0.2, 0) is 0 Å². The fourth-order valence-corrected chi connectivity index (χ4v) is 8.25. The molecule has 8 nitrogen and oxygen atoms in total. The van der Waals surface area contributed by atoms with Crippen molar-refractivity contribution in [3.05, 3.63) is 128 Å². The van der Waals surface area contributed by atoms with Gasteiger partial charge in [-0.3, -0.25) is 9.97 Å². The Bertz CT molecular complexity index is 2470. The maximum atomic E-state index is 13.4. The Morgan fingerprint density at radius 1 is 0.636 bits per heavy atom. The van der Waals surface area contributed by atoms with Crippen LogP contribution in [0.1, 0.15) is 12.8 Å². The first-order valence-corrected chi connectivity index (χ1v) is 19.5. The number of pyridine rings is 6. The van der Waals surface area contributed by atoms with E-state index in [1.54, 1.807) is 41.1 Å². The second kappa shape index (κ2) is 16.8. The van der Waals surface area contributed by atoms with Crippen molar-refractivity contribution in [1.29, 1.82) is 0 Å². The van der Waals surface area contributed by atoms with Crippen molar-refractivity contribution in [2.75, 3.05) is 31.1 Å². The predicted octanol–water partition coefficient (Wildman–Crippen LogP) is 9.85. The van der Waals surface area contributed by atoms with Gasteiger partial charge in [-0.15, -0.1) is 22.7 Å². The van der Waals surface area contributed by atoms with Gasteiger partial charge >= 0.3 is 0 Å². The number of anilines is 1. The molecular formula is C42H35F3N8S2. The van der Waals surface area contributed by atoms with Crippen LogP contribution in [0.3, 0.4) is 0 Å². The number of thiophene rings is 2. The monoisotopic (exact) mass is 772 g/mol. The molecule has 0 amide bonds. The molecule has 10 rings (SSSR count). The average molecular weight is 773 g/mol. The van der Waals surface area contributed by atoms with Gasteiger partial charge in [-0.1, -0.05) is 12.1 Å². The summed E-state index contributed by atoms with van der Waals surface area (Å²) in [4.78, 5) is 30.3. The number of fused-ring (bicyclic) bond motifs is 2. The average Bonchev–Trinajstić information content (AvgIpc) is 4.07. The number of halogens is 3. The molecule has 1 N–H and O–H groups in total. The number of hydrogen-bond donors (Lipinski definition) is 1. The summed E-state index contributed by atoms with van der Waals surface area (Å²) in [5.41, 5.74) is 7.52. The molecule has 2 fully saturated rings. The van der Waals surface area contributed by atoms with Crippen molar-refractivity contribution in [2.45, 2.75) is 25.2 Å². The number of rotatable bonds is 5. The van der Waals surface area contributed by atoms with E-state index in [1.165, 1.54) is 12.3 Å². The highest BCUT2D eigenvalue weighted by molar-refractivity contribution is 7.22. The van der Waals surface area contributed by atoms with Gasteiger partial charge in [-0.05, 0) is 92.2 Å². The normalized spacial score (nSPS) is 16.5. The zero-order valence-electron chi connectivity index (χ0n) is 29.5. The molecule has 0 unspecified atom stereocenters. The van der Waals surface area contributed by atoms with Crippen LogP contribution in [0.2, 0.25) is 0 Å². The van der Waals surface area contributed by atoms with Crippen LogP contribution in [0.15, 0.2) is 122 Å². The largest absolute Gasteiger partial charge is 0.354 e. The van der Waals surface area contributed by atoms with Crippen LogP contribution in [-0.4, -0.2) is 68.4 Å². The number of nitrogens with zero attached hydrogens (tertiary/aromatic N) is 7. The fraction of sp³-hybridized carbons (Fsp3) is 0.190. The van der Waals surface area contributed by atoms with Crippen molar-refractivity contribution < 1.29 is 13.2 Å². The highest BCUT2D eigenvalue weighted by Gasteiger charge is 2.22. The SMILES string of the molecule is F[C@@H]1CCN(c2ccc(-c3ccc4sc(-c5cccnc5)cc4n3)cn2)C1.F[C@@H]1CCNC1.Fc1ccc(-c2ccc3sc(-c4cccnc4)cc3n2)cn1. The standard InChI is InChI=1S/C21H17FN4S.C17H10FN3S.C4H8FN/c22-16-7-9-26(13-16)21-6-3-14(12-24-21)17-4-5-19-18(25-17)10-20(27-19)15-2-1-8-23-11-15;18-17-6-3-11(10-20-17)13-4-5-15-14(21-13)8-16(22-15)12-2-1-7-19-9-12;5-4-1-2-6-3-4/h1-6,8,10-12,16H,7,9,13H2;1-10H;4,6H,1-3H2/t16-;;4-/m1.1/s1. The first-order chi connectivity index (χ1) is 26.9. The van der Waals surface area contributed by atoms with E-state index in [1.807, 2.05) is 72.0 Å². The Balaban J connectivity index is 0.000000137. The summed E-state index contributed by atoms with van der Waals surface area (Å²) in [6.07, 6.45) is 10.5. The Morgan fingerprint density at radius 3 is 1.69 bits per heavy atom. The molecule has 0 spiro atoms. The summed E-state index contributed by atoms with van der Waals surface area (Å²) >= 11 is 3.39. The minimum absolute atomic E-state index is 0.433. The van der Waals surface area contributed by atoms with E-state index < -0.39 is 18.3 Å². The summed E-state index contributed by atoms with van der Waals surface area (Å²) in [7, 11) is 0. The molecule has 13 heteroatoms. The van der Waals surface area contributed by atoms with E-state index in [2.05, 4.69) is 54.5 Å². The maximum Gasteiger partial charge on any atom is 0.212 e. The molecule has 0 bridgehead atoms. The summed E-state index contributed by atoms with van der Waals surface area (Å²) < 4.78 is 40.4. The van der Waals surface area contributed by atoms with E-state index in [0.717, 1.165) is 82.7 Å². The zero-order valence-corrected chi connectivity index (χ0v) is 31.2. The number of hydrogen-bond acceptors (Lipinski definition) is 10. The smallest absolute Gasteiger partial charge is 0.212 e. The van der Waals surface area contributed by atoms with Crippen LogP contribution in [0, 0.1) is 5.95 Å². The van der Waals surface area contributed by atoms with Gasteiger partial charge in [0.2, 0.25) is 5.95 Å². The highest BCUT2D eigenvalue weighted by Crippen LogP contribution is 2.35. The fourth-order valence-electron chi connectivity index (χ4n) is 6.27. The van der Waals surface area contributed by atoms with Crippen molar-refractivity contribution in [2.24, 2.45) is 0 Å². The van der Waals surface area contributed by atoms with Gasteiger partial charge in [-0.2, -0.15) is 4.39 Å². The second-order valence-corrected chi connectivity index (χ2v) is 15.2. The van der Waals surface area contributed by atoms with Crippen LogP contribution < -0.4 is 10.2 Å². The van der Waals surface area contributed by atoms with Crippen LogP contribution in [0.5, 0.6) is 0 Å². The van der Waals surface area contributed by atoms with E-state index in [-0.39, 0.29) is 0 Å². The number of aromatic nitrogens is 6. The lowest BCUT2D eigenvalue weighted by molar-refractivity contribution is 0.361. The molecule has 8 aromatic heterocycles. The van der Waals surface area contributed by atoms with Crippen LogP contribution >= 0.6 is 22.7 Å². The third-order valence-corrected chi connectivity index (χ3v) is 11.4. The highest BCUT2D eigenvalue weighted by atomic mass is 32.1. The topological polar surface area (TPSA) is 92.6 Å². The molecule has 8 aromatic rings. The third-order valence-electron chi connectivity index (χ3n) is 9.16. The molecule has 2 aliphatic heterocycles. The van der Waals surface area contributed by atoms with E-state index in [9.17, 15) is 13.2 Å². The molecule has 0 saturated carbocycles. The van der Waals surface area contributed by atoms with E-state index in [0.29, 0.717) is 25.9 Å². The van der Waals surface area contributed by atoms with Crippen molar-refractivity contribution in [1.82, 2.24) is 35.2 Å². The van der Waals surface area contributed by atoms with E-state index >= 15 is 0 Å². The van der Waals surface area contributed by atoms with Crippen molar-refractivity contribution in [3.63, 3.8) is 0 Å². The molecule has 55 heavy (non-hydrogen) atoms. The Hall–Kier alpha value is -5.63. The second-order valence-electron chi connectivity index (χ2n) is 13.1. The van der Waals surface area contributed by atoms with Gasteiger partial charge < -0.3 is 10.2 Å². The van der Waals surface area contributed by atoms with E-state index in [4.69, 9.17) is 4.98 Å². The van der Waals surface area contributed by atoms with Gasteiger partial charge in [0.25, 0.3) is 0 Å². The van der Waals surface area contributed by atoms with Gasteiger partial charge in [0, 0.05) is 82.3 Å². The van der Waals surface area contributed by atoms with Gasteiger partial charge in [0.05, 0.1) is 38.4 Å². The Labute approximate surface area is 323 Å². The summed E-state index contributed by atoms with van der Waals surface area (Å²) in [5.74, 6) is 0.341. The number of nitrogens with one attached hydrogen (secondary N) is 1. The van der Waals surface area contributed by atoms with Crippen LogP contribution in [0.25, 0.3) is 63.8 Å². The summed E-state index contributed by atoms with van der Waals surface area (Å²) in [6.45, 7) is 2.59. The summed E-state index contributed by atoms with van der Waals surface area (Å²) in [6, 6.07) is 27.2. The maximum absolute atomic E-state index is 13.4.